The van der Waals surface area contributed by atoms with Crippen LogP contribution < -0.4 is 4.90 Å². The normalized spacial score (nSPS) is 16.2. The van der Waals surface area contributed by atoms with Gasteiger partial charge in [-0.3, -0.25) is 0 Å². The van der Waals surface area contributed by atoms with Crippen molar-refractivity contribution in [2.45, 2.75) is 0 Å². The van der Waals surface area contributed by atoms with Gasteiger partial charge in [-0.25, -0.2) is 9.97 Å². The average molecular weight is 284 g/mol. The van der Waals surface area contributed by atoms with Gasteiger partial charge in [-0.05, 0) is 29.8 Å². The van der Waals surface area contributed by atoms with E-state index in [1.165, 1.54) is 0 Å². The third-order valence-corrected chi connectivity index (χ3v) is 3.44. The maximum absolute atomic E-state index is 6.03. The molecule has 0 spiro atoms. The fraction of sp³-hybridized carbons (Fsp3) is 0.333. The number of hydrogen-bond acceptors (Lipinski definition) is 4. The molecule has 1 aromatic heterocycles. The van der Waals surface area contributed by atoms with Crippen LogP contribution in [0.15, 0.2) is 18.2 Å². The number of fused-ring (bicyclic) bond motifs is 1. The summed E-state index contributed by atoms with van der Waals surface area (Å²) in [6.45, 7) is 3.28. The molecule has 3 rings (SSSR count). The number of hydrogen-bond donors (Lipinski definition) is 0. The first-order chi connectivity index (χ1) is 8.74. The van der Waals surface area contributed by atoms with Gasteiger partial charge >= 0.3 is 0 Å². The zero-order valence-corrected chi connectivity index (χ0v) is 11.1. The first-order valence-electron chi connectivity index (χ1n) is 5.69. The molecule has 18 heavy (non-hydrogen) atoms. The Morgan fingerprint density at radius 3 is 2.67 bits per heavy atom. The molecule has 1 saturated heterocycles. The van der Waals surface area contributed by atoms with Crippen LogP contribution >= 0.6 is 23.2 Å². The van der Waals surface area contributed by atoms with Gasteiger partial charge in [-0.1, -0.05) is 11.6 Å². The van der Waals surface area contributed by atoms with Crippen LogP contribution in [0.1, 0.15) is 0 Å². The summed E-state index contributed by atoms with van der Waals surface area (Å²) in [5.41, 5.74) is 1.88. The third kappa shape index (κ3) is 2.23. The first-order valence-corrected chi connectivity index (χ1v) is 6.45. The summed E-state index contributed by atoms with van der Waals surface area (Å²) in [5.74, 6) is 0. The van der Waals surface area contributed by atoms with E-state index in [0.29, 0.717) is 5.15 Å². The number of ether oxygens (including phenoxy) is 1. The Morgan fingerprint density at radius 2 is 1.89 bits per heavy atom. The van der Waals surface area contributed by atoms with E-state index in [-0.39, 0.29) is 5.28 Å². The van der Waals surface area contributed by atoms with E-state index in [0.717, 1.165) is 42.9 Å². The minimum Gasteiger partial charge on any atom is -0.378 e. The molecule has 0 unspecified atom stereocenters. The minimum absolute atomic E-state index is 0.173. The van der Waals surface area contributed by atoms with Crippen LogP contribution in [-0.2, 0) is 4.74 Å². The van der Waals surface area contributed by atoms with Crippen molar-refractivity contribution in [3.63, 3.8) is 0 Å². The van der Waals surface area contributed by atoms with Gasteiger partial charge in [0.15, 0.2) is 0 Å². The van der Waals surface area contributed by atoms with Gasteiger partial charge in [0, 0.05) is 24.2 Å². The highest BCUT2D eigenvalue weighted by Gasteiger charge is 2.13. The van der Waals surface area contributed by atoms with E-state index in [9.17, 15) is 0 Å². The molecule has 1 aliphatic heterocycles. The molecule has 2 heterocycles. The largest absolute Gasteiger partial charge is 0.378 e. The maximum Gasteiger partial charge on any atom is 0.224 e. The van der Waals surface area contributed by atoms with Crippen molar-refractivity contribution in [2.75, 3.05) is 31.2 Å². The summed E-state index contributed by atoms with van der Waals surface area (Å²) in [4.78, 5) is 10.4. The number of halogens is 2. The highest BCUT2D eigenvalue weighted by atomic mass is 35.5. The SMILES string of the molecule is Clc1nc(Cl)c2ccc(N3CCOCC3)cc2n1. The van der Waals surface area contributed by atoms with Crippen LogP contribution in [-0.4, -0.2) is 36.3 Å². The summed E-state index contributed by atoms with van der Waals surface area (Å²) in [6.07, 6.45) is 0. The summed E-state index contributed by atoms with van der Waals surface area (Å²) < 4.78 is 5.34. The monoisotopic (exact) mass is 283 g/mol. The van der Waals surface area contributed by atoms with Crippen LogP contribution in [0.25, 0.3) is 10.9 Å². The van der Waals surface area contributed by atoms with Crippen LogP contribution in [0.4, 0.5) is 5.69 Å². The van der Waals surface area contributed by atoms with Crippen LogP contribution in [0.2, 0.25) is 10.4 Å². The lowest BCUT2D eigenvalue weighted by Crippen LogP contribution is -2.36. The van der Waals surface area contributed by atoms with E-state index in [1.54, 1.807) is 0 Å². The topological polar surface area (TPSA) is 38.2 Å². The van der Waals surface area contributed by atoms with E-state index in [4.69, 9.17) is 27.9 Å². The summed E-state index contributed by atoms with van der Waals surface area (Å²) in [7, 11) is 0. The van der Waals surface area contributed by atoms with Crippen molar-refractivity contribution in [3.8, 4) is 0 Å². The summed E-state index contributed by atoms with van der Waals surface area (Å²) in [6, 6.07) is 5.94. The lowest BCUT2D eigenvalue weighted by molar-refractivity contribution is 0.122. The molecule has 1 aromatic carbocycles. The lowest BCUT2D eigenvalue weighted by atomic mass is 10.2. The Labute approximate surface area is 114 Å². The predicted octanol–water partition coefficient (Wildman–Crippen LogP) is 2.77. The van der Waals surface area contributed by atoms with Gasteiger partial charge in [-0.2, -0.15) is 0 Å². The quantitative estimate of drug-likeness (QED) is 0.596. The maximum atomic E-state index is 6.03. The van der Waals surface area contributed by atoms with Crippen LogP contribution in [0.3, 0.4) is 0 Å². The molecule has 4 nitrogen and oxygen atoms in total. The Morgan fingerprint density at radius 1 is 1.11 bits per heavy atom. The molecule has 94 valence electrons. The van der Waals surface area contributed by atoms with Crippen molar-refractivity contribution in [1.29, 1.82) is 0 Å². The van der Waals surface area contributed by atoms with Crippen molar-refractivity contribution < 1.29 is 4.74 Å². The van der Waals surface area contributed by atoms with Crippen molar-refractivity contribution in [2.24, 2.45) is 0 Å². The van der Waals surface area contributed by atoms with Crippen molar-refractivity contribution in [1.82, 2.24) is 9.97 Å². The molecule has 0 aliphatic carbocycles. The second kappa shape index (κ2) is 4.88. The Hall–Kier alpha value is -1.10. The molecule has 1 aliphatic rings. The highest BCUT2D eigenvalue weighted by Crippen LogP contribution is 2.26. The number of anilines is 1. The zero-order valence-electron chi connectivity index (χ0n) is 9.57. The Bertz CT molecular complexity index is 585. The molecule has 0 bridgehead atoms. The summed E-state index contributed by atoms with van der Waals surface area (Å²) >= 11 is 11.9. The predicted molar refractivity (Wildman–Crippen MR) is 72.6 cm³/mol. The van der Waals surface area contributed by atoms with Gasteiger partial charge in [0.25, 0.3) is 0 Å². The van der Waals surface area contributed by atoms with E-state index >= 15 is 0 Å². The number of benzene rings is 1. The van der Waals surface area contributed by atoms with E-state index in [2.05, 4.69) is 14.9 Å². The number of rotatable bonds is 1. The zero-order chi connectivity index (χ0) is 12.5. The molecule has 0 atom stereocenters. The number of morpholine rings is 1. The molecular weight excluding hydrogens is 273 g/mol. The molecule has 6 heteroatoms. The second-order valence-electron chi connectivity index (χ2n) is 4.08. The molecule has 0 saturated carbocycles. The highest BCUT2D eigenvalue weighted by molar-refractivity contribution is 6.35. The van der Waals surface area contributed by atoms with Crippen molar-refractivity contribution in [3.05, 3.63) is 28.6 Å². The minimum atomic E-state index is 0.173. The molecule has 2 aromatic rings. The Balaban J connectivity index is 2.04. The van der Waals surface area contributed by atoms with Gasteiger partial charge < -0.3 is 9.64 Å². The first kappa shape index (κ1) is 12.0. The number of nitrogens with zero attached hydrogens (tertiary/aromatic N) is 3. The Kier molecular flexibility index (Phi) is 3.24. The number of aromatic nitrogens is 2. The van der Waals surface area contributed by atoms with Gasteiger partial charge in [-0.15, -0.1) is 0 Å². The van der Waals surface area contributed by atoms with Crippen LogP contribution in [0.5, 0.6) is 0 Å². The van der Waals surface area contributed by atoms with E-state index < -0.39 is 0 Å². The van der Waals surface area contributed by atoms with Gasteiger partial charge in [0.2, 0.25) is 5.28 Å². The summed E-state index contributed by atoms with van der Waals surface area (Å²) in [5, 5.41) is 1.38. The van der Waals surface area contributed by atoms with Gasteiger partial charge in [0.05, 0.1) is 18.7 Å². The van der Waals surface area contributed by atoms with Gasteiger partial charge in [0.1, 0.15) is 5.15 Å². The smallest absolute Gasteiger partial charge is 0.224 e. The van der Waals surface area contributed by atoms with E-state index in [1.807, 2.05) is 18.2 Å². The fourth-order valence-electron chi connectivity index (χ4n) is 2.07. The standard InChI is InChI=1S/C12H11Cl2N3O/c13-11-9-2-1-8(17-3-5-18-6-4-17)7-10(9)15-12(14)16-11/h1-2,7H,3-6H2. The molecule has 0 radical (unpaired) electrons. The van der Waals surface area contributed by atoms with Crippen molar-refractivity contribution >= 4 is 39.8 Å². The third-order valence-electron chi connectivity index (χ3n) is 2.98. The molecule has 0 N–H and O–H groups in total. The second-order valence-corrected chi connectivity index (χ2v) is 4.78. The lowest BCUT2D eigenvalue weighted by Gasteiger charge is -2.28. The molecular formula is C12H11Cl2N3O. The fourth-order valence-corrected chi connectivity index (χ4v) is 2.53. The average Bonchev–Trinajstić information content (AvgIpc) is 2.39. The van der Waals surface area contributed by atoms with Crippen LogP contribution in [0, 0.1) is 0 Å². The molecule has 1 fully saturated rings. The molecule has 0 amide bonds.